The van der Waals surface area contributed by atoms with Crippen LogP contribution in [0.1, 0.15) is 0 Å². The number of hydrogen-bond acceptors (Lipinski definition) is 3. The van der Waals surface area contributed by atoms with E-state index in [0.717, 1.165) is 0 Å². The molecule has 1 amide bonds. The van der Waals surface area contributed by atoms with Crippen molar-refractivity contribution in [1.82, 2.24) is 0 Å². The van der Waals surface area contributed by atoms with Gasteiger partial charge in [-0.2, -0.15) is 8.42 Å². The van der Waals surface area contributed by atoms with Crippen molar-refractivity contribution in [2.45, 2.75) is 0 Å². The van der Waals surface area contributed by atoms with Crippen molar-refractivity contribution in [3.05, 3.63) is 30.3 Å². The van der Waals surface area contributed by atoms with E-state index in [4.69, 9.17) is 0 Å². The molecule has 0 heterocycles. The van der Waals surface area contributed by atoms with Gasteiger partial charge in [0.1, 0.15) is 5.37 Å². The molecule has 1 aromatic carbocycles. The summed E-state index contributed by atoms with van der Waals surface area (Å²) < 4.78 is 20.2. The third-order valence-electron chi connectivity index (χ3n) is 1.24. The molecule has 0 aliphatic rings. The van der Waals surface area contributed by atoms with Gasteiger partial charge in [-0.05, 0) is 12.1 Å². The van der Waals surface area contributed by atoms with Gasteiger partial charge in [0.2, 0.25) is 10.3 Å². The fourth-order valence-electron chi connectivity index (χ4n) is 0.781. The van der Waals surface area contributed by atoms with Crippen molar-refractivity contribution in [2.24, 2.45) is 0 Å². The monoisotopic (exact) mass is 197 g/mol. The van der Waals surface area contributed by atoms with E-state index >= 15 is 0 Å². The molecule has 0 aliphatic heterocycles. The molecular formula is C8H7NO3S. The summed E-state index contributed by atoms with van der Waals surface area (Å²) in [5.74, 6) is -0.653. The van der Waals surface area contributed by atoms with Crippen molar-refractivity contribution >= 4 is 27.3 Å². The van der Waals surface area contributed by atoms with Gasteiger partial charge in [-0.1, -0.05) is 18.2 Å². The van der Waals surface area contributed by atoms with Crippen LogP contribution in [0.15, 0.2) is 30.3 Å². The first kappa shape index (κ1) is 9.47. The molecule has 0 atom stereocenters. The van der Waals surface area contributed by atoms with E-state index in [-0.39, 0.29) is 0 Å². The summed E-state index contributed by atoms with van der Waals surface area (Å²) >= 11 is 0. The molecule has 4 nitrogen and oxygen atoms in total. The molecule has 0 aliphatic carbocycles. The van der Waals surface area contributed by atoms with Crippen molar-refractivity contribution in [2.75, 3.05) is 5.32 Å². The highest BCUT2D eigenvalue weighted by Crippen LogP contribution is 2.03. The SMILES string of the molecule is O=C(C=S(=O)=O)Nc1ccccc1. The number of carbonyl (C=O) groups excluding carboxylic acids is 1. The van der Waals surface area contributed by atoms with E-state index in [1.807, 2.05) is 0 Å². The first-order valence-corrected chi connectivity index (χ1v) is 4.61. The van der Waals surface area contributed by atoms with Gasteiger partial charge < -0.3 is 5.32 Å². The third kappa shape index (κ3) is 3.53. The average Bonchev–Trinajstić information content (AvgIpc) is 2.04. The van der Waals surface area contributed by atoms with E-state index in [0.29, 0.717) is 11.1 Å². The van der Waals surface area contributed by atoms with Crippen molar-refractivity contribution in [1.29, 1.82) is 0 Å². The molecule has 0 aromatic heterocycles. The average molecular weight is 197 g/mol. The summed E-state index contributed by atoms with van der Waals surface area (Å²) in [4.78, 5) is 10.9. The first-order valence-electron chi connectivity index (χ1n) is 3.47. The van der Waals surface area contributed by atoms with Crippen LogP contribution < -0.4 is 5.32 Å². The summed E-state index contributed by atoms with van der Waals surface area (Å²) in [6.45, 7) is 0. The Bertz CT molecular complexity index is 414. The number of para-hydroxylation sites is 1. The van der Waals surface area contributed by atoms with Crippen molar-refractivity contribution in [3.8, 4) is 0 Å². The van der Waals surface area contributed by atoms with E-state index < -0.39 is 16.2 Å². The zero-order valence-electron chi connectivity index (χ0n) is 6.60. The Morgan fingerprint density at radius 2 is 1.85 bits per heavy atom. The topological polar surface area (TPSA) is 63.2 Å². The van der Waals surface area contributed by atoms with Crippen LogP contribution in [-0.2, 0) is 15.1 Å². The Morgan fingerprint density at radius 3 is 2.38 bits per heavy atom. The van der Waals surface area contributed by atoms with E-state index in [9.17, 15) is 13.2 Å². The van der Waals surface area contributed by atoms with Gasteiger partial charge in [-0.15, -0.1) is 0 Å². The second kappa shape index (κ2) is 4.42. The van der Waals surface area contributed by atoms with Crippen LogP contribution >= 0.6 is 0 Å². The first-order chi connectivity index (χ1) is 6.18. The van der Waals surface area contributed by atoms with Crippen LogP contribution in [0.25, 0.3) is 0 Å². The second-order valence-corrected chi connectivity index (χ2v) is 2.99. The number of carbonyl (C=O) groups is 1. The number of hydrogen-bond donors (Lipinski definition) is 1. The van der Waals surface area contributed by atoms with Crippen LogP contribution in [0.4, 0.5) is 5.69 Å². The Kier molecular flexibility index (Phi) is 3.22. The minimum Gasteiger partial charge on any atom is -0.322 e. The highest BCUT2D eigenvalue weighted by molar-refractivity contribution is 7.73. The minimum absolute atomic E-state index is 0.564. The van der Waals surface area contributed by atoms with Gasteiger partial charge in [0.05, 0.1) is 0 Å². The molecular weight excluding hydrogens is 190 g/mol. The fourth-order valence-corrected chi connectivity index (χ4v) is 1.01. The molecule has 13 heavy (non-hydrogen) atoms. The number of amides is 1. The molecule has 0 spiro atoms. The van der Waals surface area contributed by atoms with Gasteiger partial charge >= 0.3 is 0 Å². The largest absolute Gasteiger partial charge is 0.322 e. The number of anilines is 1. The molecule has 1 N–H and O–H groups in total. The molecule has 0 saturated heterocycles. The van der Waals surface area contributed by atoms with Crippen molar-refractivity contribution < 1.29 is 13.2 Å². The molecule has 1 rings (SSSR count). The van der Waals surface area contributed by atoms with Gasteiger partial charge in [-0.3, -0.25) is 4.79 Å². The van der Waals surface area contributed by atoms with E-state index in [2.05, 4.69) is 5.32 Å². The molecule has 68 valence electrons. The molecule has 1 aromatic rings. The number of rotatable bonds is 2. The summed E-state index contributed by atoms with van der Waals surface area (Å²) in [6.07, 6.45) is 0. The summed E-state index contributed by atoms with van der Waals surface area (Å²) in [5.41, 5.74) is 0.564. The Balaban J connectivity index is 2.72. The van der Waals surface area contributed by atoms with Crippen molar-refractivity contribution in [3.63, 3.8) is 0 Å². The van der Waals surface area contributed by atoms with Crippen LogP contribution in [0, 0.1) is 0 Å². The predicted octanol–water partition coefficient (Wildman–Crippen LogP) is 0.306. The standard InChI is InChI=1S/C8H7NO3S/c10-8(6-13(11)12)9-7-4-2-1-3-5-7/h1-6H,(H,9,10). The predicted molar refractivity (Wildman–Crippen MR) is 50.1 cm³/mol. The molecule has 0 saturated carbocycles. The molecule has 0 fully saturated rings. The van der Waals surface area contributed by atoms with E-state index in [1.54, 1.807) is 30.3 Å². The quantitative estimate of drug-likeness (QED) is 0.694. The lowest BCUT2D eigenvalue weighted by atomic mass is 10.3. The molecule has 0 radical (unpaired) electrons. The highest BCUT2D eigenvalue weighted by atomic mass is 32.2. The third-order valence-corrected chi connectivity index (χ3v) is 1.65. The maximum absolute atomic E-state index is 10.9. The fraction of sp³-hybridized carbons (Fsp3) is 0. The van der Waals surface area contributed by atoms with Crippen LogP contribution in [0.2, 0.25) is 0 Å². The summed E-state index contributed by atoms with van der Waals surface area (Å²) in [5, 5.41) is 2.96. The second-order valence-electron chi connectivity index (χ2n) is 2.23. The highest BCUT2D eigenvalue weighted by Gasteiger charge is 1.96. The summed E-state index contributed by atoms with van der Waals surface area (Å²) in [7, 11) is -2.46. The van der Waals surface area contributed by atoms with Crippen LogP contribution in [-0.4, -0.2) is 19.7 Å². The molecule has 0 unspecified atom stereocenters. The van der Waals surface area contributed by atoms with Gasteiger partial charge in [0.25, 0.3) is 5.91 Å². The normalized spacial score (nSPS) is 8.92. The molecule has 5 heteroatoms. The lowest BCUT2D eigenvalue weighted by Gasteiger charge is -1.98. The van der Waals surface area contributed by atoms with Gasteiger partial charge in [0, 0.05) is 5.69 Å². The number of benzene rings is 1. The zero-order valence-corrected chi connectivity index (χ0v) is 7.41. The molecule has 0 bridgehead atoms. The smallest absolute Gasteiger partial charge is 0.263 e. The number of nitrogens with one attached hydrogen (secondary N) is 1. The van der Waals surface area contributed by atoms with Gasteiger partial charge in [0.15, 0.2) is 0 Å². The Labute approximate surface area is 76.7 Å². The zero-order chi connectivity index (χ0) is 9.68. The Morgan fingerprint density at radius 1 is 1.23 bits per heavy atom. The van der Waals surface area contributed by atoms with Crippen LogP contribution in [0.3, 0.4) is 0 Å². The van der Waals surface area contributed by atoms with E-state index in [1.165, 1.54) is 0 Å². The summed E-state index contributed by atoms with van der Waals surface area (Å²) in [6, 6.07) is 8.61. The van der Waals surface area contributed by atoms with Gasteiger partial charge in [-0.25, -0.2) is 0 Å². The maximum atomic E-state index is 10.9. The lowest BCUT2D eigenvalue weighted by molar-refractivity contribution is -0.109. The maximum Gasteiger partial charge on any atom is 0.263 e. The van der Waals surface area contributed by atoms with Crippen LogP contribution in [0.5, 0.6) is 0 Å². The Hall–Kier alpha value is -1.62. The minimum atomic E-state index is -2.46. The lowest BCUT2D eigenvalue weighted by Crippen LogP contribution is -2.12.